The van der Waals surface area contributed by atoms with Crippen LogP contribution < -0.4 is 11.1 Å². The van der Waals surface area contributed by atoms with Gasteiger partial charge in [-0.2, -0.15) is 0 Å². The summed E-state index contributed by atoms with van der Waals surface area (Å²) in [7, 11) is 0. The second kappa shape index (κ2) is 4.98. The van der Waals surface area contributed by atoms with E-state index in [1.54, 1.807) is 0 Å². The van der Waals surface area contributed by atoms with Crippen molar-refractivity contribution >= 4 is 23.3 Å². The molecule has 0 aromatic rings. The Morgan fingerprint density at radius 2 is 2.58 bits per heavy atom. The van der Waals surface area contributed by atoms with Crippen LogP contribution in [-0.4, -0.2) is 37.2 Å². The molecular formula is C7H13ClN4. The third-order valence-electron chi connectivity index (χ3n) is 1.54. The Balaban J connectivity index is 2.17. The number of nitrogens with one attached hydrogen (secondary N) is 1. The molecule has 68 valence electrons. The van der Waals surface area contributed by atoms with Gasteiger partial charge in [-0.15, -0.1) is 11.6 Å². The zero-order chi connectivity index (χ0) is 8.81. The van der Waals surface area contributed by atoms with E-state index in [2.05, 4.69) is 15.3 Å². The molecule has 0 saturated carbocycles. The normalized spacial score (nSPS) is 17.4. The Kier molecular flexibility index (Phi) is 3.87. The zero-order valence-electron chi connectivity index (χ0n) is 6.89. The highest BCUT2D eigenvalue weighted by molar-refractivity contribution is 6.27. The first-order chi connectivity index (χ1) is 5.83. The fraction of sp³-hybridized carbons (Fsp3) is 0.714. The molecule has 3 N–H and O–H groups in total. The van der Waals surface area contributed by atoms with Crippen LogP contribution in [-0.2, 0) is 0 Å². The van der Waals surface area contributed by atoms with Gasteiger partial charge in [-0.25, -0.2) is 0 Å². The van der Waals surface area contributed by atoms with E-state index in [1.807, 2.05) is 0 Å². The van der Waals surface area contributed by atoms with E-state index in [0.29, 0.717) is 18.3 Å². The summed E-state index contributed by atoms with van der Waals surface area (Å²) in [5, 5.41) is 3.16. The summed E-state index contributed by atoms with van der Waals surface area (Å²) in [5.74, 6) is 1.83. The first-order valence-corrected chi connectivity index (χ1v) is 4.48. The lowest BCUT2D eigenvalue weighted by Crippen LogP contribution is -2.20. The molecule has 0 fully saturated rings. The molecule has 0 unspecified atom stereocenters. The molecule has 0 bridgehead atoms. The summed E-state index contributed by atoms with van der Waals surface area (Å²) in [6.07, 6.45) is 0.831. The van der Waals surface area contributed by atoms with E-state index in [9.17, 15) is 0 Å². The van der Waals surface area contributed by atoms with Gasteiger partial charge in [0, 0.05) is 19.5 Å². The van der Waals surface area contributed by atoms with Gasteiger partial charge in [-0.3, -0.25) is 9.98 Å². The second-order valence-electron chi connectivity index (χ2n) is 2.51. The molecular weight excluding hydrogens is 176 g/mol. The van der Waals surface area contributed by atoms with Gasteiger partial charge in [0.25, 0.3) is 0 Å². The summed E-state index contributed by atoms with van der Waals surface area (Å²) < 4.78 is 0. The number of alkyl halides is 1. The quantitative estimate of drug-likeness (QED) is 0.370. The summed E-state index contributed by atoms with van der Waals surface area (Å²) in [5.41, 5.74) is 5.42. The molecule has 0 aromatic carbocycles. The molecule has 0 amide bonds. The van der Waals surface area contributed by atoms with Gasteiger partial charge in [0.2, 0.25) is 0 Å². The van der Waals surface area contributed by atoms with Crippen LogP contribution in [0.2, 0.25) is 0 Å². The van der Waals surface area contributed by atoms with E-state index in [1.165, 1.54) is 0 Å². The largest absolute Gasteiger partial charge is 0.386 e. The van der Waals surface area contributed by atoms with E-state index in [0.717, 1.165) is 25.3 Å². The van der Waals surface area contributed by atoms with E-state index >= 15 is 0 Å². The minimum absolute atomic E-state index is 0.305. The van der Waals surface area contributed by atoms with Crippen LogP contribution in [0.3, 0.4) is 0 Å². The van der Waals surface area contributed by atoms with Crippen molar-refractivity contribution in [1.29, 1.82) is 0 Å². The van der Waals surface area contributed by atoms with Crippen LogP contribution in [0.15, 0.2) is 9.98 Å². The van der Waals surface area contributed by atoms with E-state index in [-0.39, 0.29) is 0 Å². The number of hydrogen-bond acceptors (Lipinski definition) is 3. The smallest absolute Gasteiger partial charge is 0.109 e. The maximum atomic E-state index is 5.45. The minimum atomic E-state index is 0.305. The SMILES string of the molecule is NC(CCl)=NCCC1=NCCN1. The first-order valence-electron chi connectivity index (χ1n) is 3.95. The standard InChI is InChI=1S/C7H13ClN4/c8-5-6(9)10-2-1-7-11-3-4-12-7/h1-5H2,(H2,9,10)(H,11,12). The third kappa shape index (κ3) is 3.09. The van der Waals surface area contributed by atoms with Crippen LogP contribution in [0.4, 0.5) is 0 Å². The van der Waals surface area contributed by atoms with Crippen LogP contribution in [0.1, 0.15) is 6.42 Å². The lowest BCUT2D eigenvalue weighted by atomic mass is 10.4. The topological polar surface area (TPSA) is 62.8 Å². The minimum Gasteiger partial charge on any atom is -0.386 e. The van der Waals surface area contributed by atoms with Crippen molar-refractivity contribution in [2.24, 2.45) is 15.7 Å². The van der Waals surface area contributed by atoms with E-state index in [4.69, 9.17) is 17.3 Å². The number of aliphatic imine (C=N–C) groups is 2. The average Bonchev–Trinajstić information content (AvgIpc) is 2.57. The highest BCUT2D eigenvalue weighted by Crippen LogP contribution is 1.91. The van der Waals surface area contributed by atoms with Crippen LogP contribution >= 0.6 is 11.6 Å². The Bertz CT molecular complexity index is 200. The molecule has 12 heavy (non-hydrogen) atoms. The average molecular weight is 189 g/mol. The van der Waals surface area contributed by atoms with Crippen molar-refractivity contribution in [2.75, 3.05) is 25.5 Å². The van der Waals surface area contributed by atoms with Gasteiger partial charge in [-0.1, -0.05) is 0 Å². The number of nitrogens with two attached hydrogens (primary N) is 1. The number of amidine groups is 2. The van der Waals surface area contributed by atoms with Crippen molar-refractivity contribution in [2.45, 2.75) is 6.42 Å². The fourth-order valence-corrected chi connectivity index (χ4v) is 1.05. The first kappa shape index (κ1) is 9.32. The molecule has 1 aliphatic rings. The molecule has 1 heterocycles. The number of halogens is 1. The molecule has 1 rings (SSSR count). The van der Waals surface area contributed by atoms with E-state index < -0.39 is 0 Å². The van der Waals surface area contributed by atoms with Crippen LogP contribution in [0.25, 0.3) is 0 Å². The highest BCUT2D eigenvalue weighted by Gasteiger charge is 2.02. The number of nitrogens with zero attached hydrogens (tertiary/aromatic N) is 2. The molecule has 5 heteroatoms. The third-order valence-corrected chi connectivity index (χ3v) is 1.82. The van der Waals surface area contributed by atoms with Crippen molar-refractivity contribution in [3.8, 4) is 0 Å². The monoisotopic (exact) mass is 188 g/mol. The molecule has 0 aromatic heterocycles. The van der Waals surface area contributed by atoms with Gasteiger partial charge in [0.15, 0.2) is 0 Å². The molecule has 0 radical (unpaired) electrons. The fourth-order valence-electron chi connectivity index (χ4n) is 0.962. The summed E-state index contributed by atoms with van der Waals surface area (Å²) in [6, 6.07) is 0. The second-order valence-corrected chi connectivity index (χ2v) is 2.78. The van der Waals surface area contributed by atoms with Crippen molar-refractivity contribution in [3.05, 3.63) is 0 Å². The predicted molar refractivity (Wildman–Crippen MR) is 52.1 cm³/mol. The number of hydrogen-bond donors (Lipinski definition) is 2. The highest BCUT2D eigenvalue weighted by atomic mass is 35.5. The lowest BCUT2D eigenvalue weighted by molar-refractivity contribution is 0.936. The maximum Gasteiger partial charge on any atom is 0.109 e. The molecule has 0 atom stereocenters. The van der Waals surface area contributed by atoms with Crippen LogP contribution in [0, 0.1) is 0 Å². The van der Waals surface area contributed by atoms with Gasteiger partial charge in [0.05, 0.1) is 18.3 Å². The van der Waals surface area contributed by atoms with Gasteiger partial charge in [0.1, 0.15) is 5.84 Å². The maximum absolute atomic E-state index is 5.45. The van der Waals surface area contributed by atoms with Crippen molar-refractivity contribution < 1.29 is 0 Å². The summed E-state index contributed by atoms with van der Waals surface area (Å²) in [4.78, 5) is 8.27. The molecule has 1 aliphatic heterocycles. The van der Waals surface area contributed by atoms with Crippen LogP contribution in [0.5, 0.6) is 0 Å². The Hall–Kier alpha value is -0.770. The lowest BCUT2D eigenvalue weighted by Gasteiger charge is -1.98. The summed E-state index contributed by atoms with van der Waals surface area (Å²) >= 11 is 5.45. The van der Waals surface area contributed by atoms with Crippen molar-refractivity contribution in [3.63, 3.8) is 0 Å². The Morgan fingerprint density at radius 3 is 3.17 bits per heavy atom. The Labute approximate surface area is 76.9 Å². The summed E-state index contributed by atoms with van der Waals surface area (Å²) in [6.45, 7) is 2.50. The molecule has 4 nitrogen and oxygen atoms in total. The molecule has 0 aliphatic carbocycles. The van der Waals surface area contributed by atoms with Gasteiger partial charge >= 0.3 is 0 Å². The van der Waals surface area contributed by atoms with Gasteiger partial charge in [-0.05, 0) is 0 Å². The zero-order valence-corrected chi connectivity index (χ0v) is 7.64. The Morgan fingerprint density at radius 1 is 1.75 bits per heavy atom. The predicted octanol–water partition coefficient (Wildman–Crippen LogP) is -0.0258. The number of rotatable bonds is 4. The molecule has 0 saturated heterocycles. The van der Waals surface area contributed by atoms with Crippen molar-refractivity contribution in [1.82, 2.24) is 5.32 Å². The molecule has 0 spiro atoms. The van der Waals surface area contributed by atoms with Gasteiger partial charge < -0.3 is 11.1 Å².